The van der Waals surface area contributed by atoms with Crippen molar-refractivity contribution in [3.8, 4) is 0 Å². The van der Waals surface area contributed by atoms with Gasteiger partial charge in [0.25, 0.3) is 0 Å². The molecule has 6 heteroatoms. The zero-order chi connectivity index (χ0) is 14.3. The summed E-state index contributed by atoms with van der Waals surface area (Å²) < 4.78 is 0. The van der Waals surface area contributed by atoms with Crippen LogP contribution in [0.5, 0.6) is 0 Å². The lowest BCUT2D eigenvalue weighted by atomic mass is 9.99. The molecule has 0 unspecified atom stereocenters. The number of fused-ring (bicyclic) bond motifs is 1. The van der Waals surface area contributed by atoms with Crippen LogP contribution < -0.4 is 4.90 Å². The molecule has 0 spiro atoms. The highest BCUT2D eigenvalue weighted by atomic mass is 32.1. The van der Waals surface area contributed by atoms with Crippen LogP contribution in [0.25, 0.3) is 10.2 Å². The lowest BCUT2D eigenvalue weighted by Gasteiger charge is -2.18. The van der Waals surface area contributed by atoms with Crippen LogP contribution in [-0.2, 0) is 11.2 Å². The van der Waals surface area contributed by atoms with Crippen LogP contribution in [0.3, 0.4) is 0 Å². The van der Waals surface area contributed by atoms with Gasteiger partial charge in [0.05, 0.1) is 11.3 Å². The summed E-state index contributed by atoms with van der Waals surface area (Å²) in [7, 11) is 0. The maximum atomic E-state index is 11.3. The van der Waals surface area contributed by atoms with E-state index in [1.807, 2.05) is 25.3 Å². The van der Waals surface area contributed by atoms with Crippen molar-refractivity contribution in [2.24, 2.45) is 11.8 Å². The first-order valence-corrected chi connectivity index (χ1v) is 7.70. The van der Waals surface area contributed by atoms with E-state index in [-0.39, 0.29) is 11.8 Å². The van der Waals surface area contributed by atoms with Gasteiger partial charge in [0, 0.05) is 19.5 Å². The van der Waals surface area contributed by atoms with Crippen LogP contribution in [0, 0.1) is 11.8 Å². The van der Waals surface area contributed by atoms with Crippen LogP contribution in [0.4, 0.5) is 5.82 Å². The van der Waals surface area contributed by atoms with Gasteiger partial charge >= 0.3 is 5.97 Å². The molecule has 3 rings (SSSR count). The number of carboxylic acids is 1. The van der Waals surface area contributed by atoms with Gasteiger partial charge in [-0.15, -0.1) is 11.3 Å². The number of thiophene rings is 1. The molecule has 0 saturated carbocycles. The first-order valence-electron chi connectivity index (χ1n) is 6.82. The van der Waals surface area contributed by atoms with Crippen molar-refractivity contribution >= 4 is 33.3 Å². The average Bonchev–Trinajstić information content (AvgIpc) is 3.03. The molecular formula is C14H17N3O2S. The van der Waals surface area contributed by atoms with Crippen molar-refractivity contribution in [1.29, 1.82) is 0 Å². The lowest BCUT2D eigenvalue weighted by molar-refractivity contribution is -0.142. The normalized spacial score (nSPS) is 22.6. The van der Waals surface area contributed by atoms with Crippen molar-refractivity contribution in [3.05, 3.63) is 17.3 Å². The van der Waals surface area contributed by atoms with Gasteiger partial charge in [-0.05, 0) is 17.4 Å². The lowest BCUT2D eigenvalue weighted by Crippen LogP contribution is -2.24. The third-order valence-electron chi connectivity index (χ3n) is 3.90. The molecule has 2 aromatic heterocycles. The van der Waals surface area contributed by atoms with Crippen LogP contribution in [-0.4, -0.2) is 34.1 Å². The van der Waals surface area contributed by atoms with Crippen LogP contribution >= 0.6 is 11.3 Å². The summed E-state index contributed by atoms with van der Waals surface area (Å²) in [5, 5.41) is 12.3. The summed E-state index contributed by atoms with van der Waals surface area (Å²) in [6.45, 7) is 5.29. The highest BCUT2D eigenvalue weighted by Crippen LogP contribution is 2.33. The molecule has 1 aliphatic heterocycles. The number of carboxylic acid groups (broad SMARTS) is 1. The molecule has 1 N–H and O–H groups in total. The predicted molar refractivity (Wildman–Crippen MR) is 79.3 cm³/mol. The minimum Gasteiger partial charge on any atom is -0.481 e. The quantitative estimate of drug-likeness (QED) is 0.940. The fraction of sp³-hybridized carbons (Fsp3) is 0.500. The summed E-state index contributed by atoms with van der Waals surface area (Å²) in [4.78, 5) is 23.5. The first-order chi connectivity index (χ1) is 9.60. The number of aliphatic carboxylic acids is 1. The molecule has 0 amide bonds. The summed E-state index contributed by atoms with van der Waals surface area (Å²) in [6.07, 6.45) is 0.784. The van der Waals surface area contributed by atoms with Gasteiger partial charge in [-0.1, -0.05) is 13.8 Å². The van der Waals surface area contributed by atoms with Crippen LogP contribution in [0.15, 0.2) is 11.4 Å². The molecule has 3 heterocycles. The van der Waals surface area contributed by atoms with Crippen molar-refractivity contribution in [3.63, 3.8) is 0 Å². The highest BCUT2D eigenvalue weighted by Gasteiger charge is 2.36. The summed E-state index contributed by atoms with van der Waals surface area (Å²) in [5.74, 6) is 0.821. The molecule has 2 aromatic rings. The Kier molecular flexibility index (Phi) is 3.33. The van der Waals surface area contributed by atoms with Crippen LogP contribution in [0.2, 0.25) is 0 Å². The van der Waals surface area contributed by atoms with Crippen LogP contribution in [0.1, 0.15) is 19.7 Å². The van der Waals surface area contributed by atoms with E-state index in [1.165, 1.54) is 0 Å². The molecule has 2 atom stereocenters. The Morgan fingerprint density at radius 1 is 1.50 bits per heavy atom. The zero-order valence-electron chi connectivity index (χ0n) is 11.5. The molecule has 0 aromatic carbocycles. The van der Waals surface area contributed by atoms with Gasteiger partial charge in [0.15, 0.2) is 0 Å². The molecule has 0 aliphatic carbocycles. The molecule has 20 heavy (non-hydrogen) atoms. The topological polar surface area (TPSA) is 66.3 Å². The molecule has 106 valence electrons. The van der Waals surface area contributed by atoms with Crippen molar-refractivity contribution < 1.29 is 9.90 Å². The summed E-state index contributed by atoms with van der Waals surface area (Å²) >= 11 is 1.60. The predicted octanol–water partition coefficient (Wildman–Crippen LogP) is 2.41. The second kappa shape index (κ2) is 5.01. The van der Waals surface area contributed by atoms with E-state index in [0.717, 1.165) is 34.8 Å². The average molecular weight is 291 g/mol. The molecular weight excluding hydrogens is 274 g/mol. The number of hydrogen-bond donors (Lipinski definition) is 1. The van der Waals surface area contributed by atoms with E-state index in [2.05, 4.69) is 14.9 Å². The zero-order valence-corrected chi connectivity index (χ0v) is 12.4. The Bertz CT molecular complexity index is 655. The maximum Gasteiger partial charge on any atom is 0.308 e. The molecule has 1 aliphatic rings. The van der Waals surface area contributed by atoms with Crippen molar-refractivity contribution in [1.82, 2.24) is 9.97 Å². The number of aryl methyl sites for hydroxylation is 1. The van der Waals surface area contributed by atoms with Gasteiger partial charge in [0.1, 0.15) is 16.5 Å². The standard InChI is InChI=1S/C14H17N3O2S/c1-3-11-15-12(9-4-5-20-13(9)16-11)17-6-8(2)10(7-17)14(18)19/h4-5,8,10H,3,6-7H2,1-2H3,(H,18,19)/t8-,10-/m1/s1. The SMILES string of the molecule is CCc1nc(N2C[C@@H](C)[C@H](C(=O)O)C2)c2ccsc2n1. The summed E-state index contributed by atoms with van der Waals surface area (Å²) in [6, 6.07) is 2.02. The highest BCUT2D eigenvalue weighted by molar-refractivity contribution is 7.16. The minimum absolute atomic E-state index is 0.140. The van der Waals surface area contributed by atoms with E-state index < -0.39 is 5.97 Å². The van der Waals surface area contributed by atoms with Gasteiger partial charge in [-0.2, -0.15) is 0 Å². The molecule has 1 saturated heterocycles. The number of carbonyl (C=O) groups is 1. The van der Waals surface area contributed by atoms with Gasteiger partial charge in [-0.25, -0.2) is 9.97 Å². The minimum atomic E-state index is -0.716. The van der Waals surface area contributed by atoms with Gasteiger partial charge in [-0.3, -0.25) is 4.79 Å². The Morgan fingerprint density at radius 3 is 2.95 bits per heavy atom. The number of nitrogens with zero attached hydrogens (tertiary/aromatic N) is 3. The third-order valence-corrected chi connectivity index (χ3v) is 4.70. The first kappa shape index (κ1) is 13.3. The molecule has 0 radical (unpaired) electrons. The van der Waals surface area contributed by atoms with E-state index in [9.17, 15) is 9.90 Å². The molecule has 5 nitrogen and oxygen atoms in total. The maximum absolute atomic E-state index is 11.3. The number of aromatic nitrogens is 2. The second-order valence-corrected chi connectivity index (χ2v) is 6.18. The van der Waals surface area contributed by atoms with E-state index in [1.54, 1.807) is 11.3 Å². The monoisotopic (exact) mass is 291 g/mol. The van der Waals surface area contributed by atoms with E-state index in [0.29, 0.717) is 6.54 Å². The third kappa shape index (κ3) is 2.14. The van der Waals surface area contributed by atoms with Crippen molar-refractivity contribution in [2.75, 3.05) is 18.0 Å². The number of anilines is 1. The Hall–Kier alpha value is -1.69. The van der Waals surface area contributed by atoms with Gasteiger partial charge in [0.2, 0.25) is 0 Å². The number of hydrogen-bond acceptors (Lipinski definition) is 5. The molecule has 0 bridgehead atoms. The Labute approximate surface area is 121 Å². The second-order valence-electron chi connectivity index (χ2n) is 5.28. The smallest absolute Gasteiger partial charge is 0.308 e. The van der Waals surface area contributed by atoms with Gasteiger partial charge < -0.3 is 10.0 Å². The Balaban J connectivity index is 2.02. The summed E-state index contributed by atoms with van der Waals surface area (Å²) in [5.41, 5.74) is 0. The fourth-order valence-electron chi connectivity index (χ4n) is 2.74. The number of rotatable bonds is 3. The Morgan fingerprint density at radius 2 is 2.30 bits per heavy atom. The van der Waals surface area contributed by atoms with E-state index in [4.69, 9.17) is 0 Å². The van der Waals surface area contributed by atoms with E-state index >= 15 is 0 Å². The largest absolute Gasteiger partial charge is 0.481 e. The van der Waals surface area contributed by atoms with Crippen molar-refractivity contribution in [2.45, 2.75) is 20.3 Å². The fourth-order valence-corrected chi connectivity index (χ4v) is 3.52. The molecule has 1 fully saturated rings.